The minimum absolute atomic E-state index is 0.147. The third kappa shape index (κ3) is 7.22. The van der Waals surface area contributed by atoms with Gasteiger partial charge in [-0.2, -0.15) is 0 Å². The van der Waals surface area contributed by atoms with Crippen LogP contribution >= 0.6 is 11.6 Å². The number of allylic oxidation sites excluding steroid dienone is 1. The first-order chi connectivity index (χ1) is 21.0. The number of aliphatic hydroxyl groups is 1. The van der Waals surface area contributed by atoms with Crippen LogP contribution in [0.5, 0.6) is 5.75 Å². The number of carbonyl (C=O) groups is 1. The van der Waals surface area contributed by atoms with Crippen LogP contribution in [-0.2, 0) is 26.6 Å². The minimum atomic E-state index is -3.64. The van der Waals surface area contributed by atoms with Crippen molar-refractivity contribution >= 4 is 33.3 Å². The van der Waals surface area contributed by atoms with E-state index in [1.54, 1.807) is 25.1 Å². The number of halogens is 1. The SMILES string of the molecule is CC(C/C=C/C(O)[C@]1(C)CC[C@H]1CN1C[C@@]2(CCCc3cc(Cl)ccc32)COc2ccc(C(=O)OC(C)(C)C)cc21)S(N)(=O)=O. The van der Waals surface area contributed by atoms with E-state index in [0.29, 0.717) is 25.3 Å². The first-order valence-electron chi connectivity index (χ1n) is 15.9. The van der Waals surface area contributed by atoms with Crippen molar-refractivity contribution in [2.45, 2.75) is 95.5 Å². The van der Waals surface area contributed by atoms with Gasteiger partial charge in [-0.05, 0) is 114 Å². The van der Waals surface area contributed by atoms with Crippen molar-refractivity contribution in [1.82, 2.24) is 0 Å². The highest BCUT2D eigenvalue weighted by molar-refractivity contribution is 7.89. The molecular formula is C35H47ClN2O6S. The van der Waals surface area contributed by atoms with Gasteiger partial charge in [-0.1, -0.05) is 36.7 Å². The lowest BCUT2D eigenvalue weighted by Gasteiger charge is -2.52. The number of carbonyl (C=O) groups excluding carboxylic acids is 1. The molecule has 3 aliphatic rings. The Morgan fingerprint density at radius 1 is 1.24 bits per heavy atom. The smallest absolute Gasteiger partial charge is 0.338 e. The Kier molecular flexibility index (Phi) is 9.41. The molecule has 0 amide bonds. The van der Waals surface area contributed by atoms with E-state index >= 15 is 0 Å². The van der Waals surface area contributed by atoms with Gasteiger partial charge in [0.1, 0.15) is 11.4 Å². The van der Waals surface area contributed by atoms with Crippen LogP contribution in [0.4, 0.5) is 5.69 Å². The summed E-state index contributed by atoms with van der Waals surface area (Å²) in [5, 5.41) is 16.6. The summed E-state index contributed by atoms with van der Waals surface area (Å²) < 4.78 is 35.6. The van der Waals surface area contributed by atoms with Crippen molar-refractivity contribution in [2.75, 3.05) is 24.6 Å². The quantitative estimate of drug-likeness (QED) is 0.257. The van der Waals surface area contributed by atoms with Crippen molar-refractivity contribution in [3.05, 3.63) is 70.3 Å². The zero-order valence-electron chi connectivity index (χ0n) is 27.0. The second-order valence-electron chi connectivity index (χ2n) is 14.5. The third-order valence-electron chi connectivity index (χ3n) is 10.1. The summed E-state index contributed by atoms with van der Waals surface area (Å²) in [6.45, 7) is 11.1. The first-order valence-corrected chi connectivity index (χ1v) is 17.9. The predicted octanol–water partition coefficient (Wildman–Crippen LogP) is 6.17. The fourth-order valence-corrected chi connectivity index (χ4v) is 7.66. The topological polar surface area (TPSA) is 119 Å². The Morgan fingerprint density at radius 2 is 2.00 bits per heavy atom. The maximum atomic E-state index is 13.1. The van der Waals surface area contributed by atoms with E-state index in [-0.39, 0.29) is 23.7 Å². The molecule has 0 bridgehead atoms. The average Bonchev–Trinajstić information content (AvgIpc) is 3.10. The summed E-state index contributed by atoms with van der Waals surface area (Å²) in [5.74, 6) is 0.484. The second-order valence-corrected chi connectivity index (χ2v) is 17.0. The number of fused-ring (bicyclic) bond motifs is 3. The minimum Gasteiger partial charge on any atom is -0.490 e. The van der Waals surface area contributed by atoms with Gasteiger partial charge in [-0.3, -0.25) is 0 Å². The molecule has 0 saturated heterocycles. The summed E-state index contributed by atoms with van der Waals surface area (Å²) in [6.07, 6.45) is 7.67. The number of nitrogens with zero attached hydrogens (tertiary/aromatic N) is 1. The summed E-state index contributed by atoms with van der Waals surface area (Å²) in [5.41, 5.74) is 2.52. The maximum Gasteiger partial charge on any atom is 0.338 e. The largest absolute Gasteiger partial charge is 0.490 e. The number of ether oxygens (including phenoxy) is 2. The van der Waals surface area contributed by atoms with Gasteiger partial charge in [0.15, 0.2) is 0 Å². The fraction of sp³-hybridized carbons (Fsp3) is 0.571. The molecule has 1 heterocycles. The molecule has 5 rings (SSSR count). The van der Waals surface area contributed by atoms with Gasteiger partial charge in [0.25, 0.3) is 0 Å². The van der Waals surface area contributed by atoms with E-state index in [1.807, 2.05) is 39.0 Å². The number of sulfonamides is 1. The zero-order chi connectivity index (χ0) is 32.8. The molecule has 0 aromatic heterocycles. The van der Waals surface area contributed by atoms with Crippen molar-refractivity contribution in [1.29, 1.82) is 0 Å². The molecule has 2 unspecified atom stereocenters. The summed E-state index contributed by atoms with van der Waals surface area (Å²) in [4.78, 5) is 15.5. The molecule has 2 aromatic rings. The van der Waals surface area contributed by atoms with Gasteiger partial charge in [-0.15, -0.1) is 0 Å². The molecule has 5 atom stereocenters. The molecular weight excluding hydrogens is 612 g/mol. The molecule has 1 fully saturated rings. The number of hydrogen-bond acceptors (Lipinski definition) is 7. The summed E-state index contributed by atoms with van der Waals surface area (Å²) in [7, 11) is -3.64. The Balaban J connectivity index is 1.47. The molecule has 10 heteroatoms. The summed E-state index contributed by atoms with van der Waals surface area (Å²) >= 11 is 6.41. The molecule has 246 valence electrons. The number of benzene rings is 2. The van der Waals surface area contributed by atoms with Crippen LogP contribution in [0.25, 0.3) is 0 Å². The lowest BCUT2D eigenvalue weighted by atomic mass is 9.58. The van der Waals surface area contributed by atoms with Gasteiger partial charge >= 0.3 is 5.97 Å². The van der Waals surface area contributed by atoms with E-state index in [4.69, 9.17) is 26.2 Å². The molecule has 2 aromatic carbocycles. The molecule has 1 saturated carbocycles. The Hall–Kier alpha value is -2.59. The monoisotopic (exact) mass is 658 g/mol. The normalized spacial score (nSPS) is 26.3. The standard InChI is InChI=1S/C35H47ClN2O6S/c1-23(45(37,41)42)8-6-10-31(39)34(5)17-15-26(34)20-38-21-35(16-7-9-24-18-27(36)12-13-28(24)35)22-43-30-14-11-25(19-29(30)38)32(40)44-33(2,3)4/h6,10-14,18-19,23,26,31,39H,7-9,15-17,20-22H2,1-5H3,(H2,37,41,42)/b10-6+/t23?,26-,31?,34+,35-/m0/s1. The molecule has 3 N–H and O–H groups in total. The highest BCUT2D eigenvalue weighted by atomic mass is 35.5. The van der Waals surface area contributed by atoms with E-state index in [9.17, 15) is 18.3 Å². The zero-order valence-corrected chi connectivity index (χ0v) is 28.6. The van der Waals surface area contributed by atoms with Gasteiger partial charge in [-0.25, -0.2) is 18.4 Å². The van der Waals surface area contributed by atoms with Crippen LogP contribution in [0, 0.1) is 11.3 Å². The number of rotatable bonds is 8. The lowest BCUT2D eigenvalue weighted by Crippen LogP contribution is -2.53. The van der Waals surface area contributed by atoms with Gasteiger partial charge < -0.3 is 19.5 Å². The van der Waals surface area contributed by atoms with Crippen LogP contribution in [0.1, 0.15) is 88.2 Å². The van der Waals surface area contributed by atoms with Crippen molar-refractivity contribution in [3.8, 4) is 5.75 Å². The van der Waals surface area contributed by atoms with Crippen LogP contribution in [0.2, 0.25) is 5.02 Å². The van der Waals surface area contributed by atoms with Crippen molar-refractivity contribution < 1.29 is 27.8 Å². The lowest BCUT2D eigenvalue weighted by molar-refractivity contribution is -0.0469. The number of hydrogen-bond donors (Lipinski definition) is 2. The number of nitrogens with two attached hydrogens (primary N) is 1. The van der Waals surface area contributed by atoms with Crippen LogP contribution in [0.15, 0.2) is 48.6 Å². The molecule has 0 radical (unpaired) electrons. The van der Waals surface area contributed by atoms with Crippen LogP contribution < -0.4 is 14.8 Å². The molecule has 8 nitrogen and oxygen atoms in total. The van der Waals surface area contributed by atoms with E-state index in [2.05, 4.69) is 24.0 Å². The Labute approximate surface area is 273 Å². The number of aliphatic hydroxyl groups excluding tert-OH is 1. The number of primary sulfonamides is 1. The number of aryl methyl sites for hydroxylation is 1. The molecule has 1 spiro atoms. The summed E-state index contributed by atoms with van der Waals surface area (Å²) in [6, 6.07) is 11.7. The van der Waals surface area contributed by atoms with Crippen molar-refractivity contribution in [3.63, 3.8) is 0 Å². The maximum absolute atomic E-state index is 13.1. The Bertz CT molecular complexity index is 1570. The fourth-order valence-electron chi connectivity index (χ4n) is 7.09. The highest BCUT2D eigenvalue weighted by Gasteiger charge is 2.49. The van der Waals surface area contributed by atoms with E-state index in [1.165, 1.54) is 11.1 Å². The average molecular weight is 659 g/mol. The predicted molar refractivity (Wildman–Crippen MR) is 179 cm³/mol. The van der Waals surface area contributed by atoms with E-state index in [0.717, 1.165) is 48.6 Å². The first kappa shape index (κ1) is 33.8. The van der Waals surface area contributed by atoms with Crippen LogP contribution in [0.3, 0.4) is 0 Å². The third-order valence-corrected chi connectivity index (χ3v) is 11.6. The van der Waals surface area contributed by atoms with Crippen LogP contribution in [-0.4, -0.2) is 56.1 Å². The molecule has 2 aliphatic carbocycles. The number of anilines is 1. The Morgan fingerprint density at radius 3 is 2.67 bits per heavy atom. The van der Waals surface area contributed by atoms with E-state index < -0.39 is 32.4 Å². The van der Waals surface area contributed by atoms with Crippen molar-refractivity contribution in [2.24, 2.45) is 16.5 Å². The number of esters is 1. The molecule has 45 heavy (non-hydrogen) atoms. The second kappa shape index (κ2) is 12.5. The molecule has 1 aliphatic heterocycles. The van der Waals surface area contributed by atoms with Gasteiger partial charge in [0, 0.05) is 28.9 Å². The van der Waals surface area contributed by atoms with Gasteiger partial charge in [0.05, 0.1) is 29.2 Å². The highest BCUT2D eigenvalue weighted by Crippen LogP contribution is 2.52. The van der Waals surface area contributed by atoms with Gasteiger partial charge in [0.2, 0.25) is 10.0 Å².